The summed E-state index contributed by atoms with van der Waals surface area (Å²) in [6, 6.07) is 7.28. The first-order valence-corrected chi connectivity index (χ1v) is 8.92. The van der Waals surface area contributed by atoms with Crippen molar-refractivity contribution in [3.63, 3.8) is 0 Å². The second-order valence-electron chi connectivity index (χ2n) is 5.40. The van der Waals surface area contributed by atoms with Crippen LogP contribution in [0.4, 0.5) is 5.69 Å². The molecule has 1 unspecified atom stereocenters. The van der Waals surface area contributed by atoms with E-state index in [0.717, 1.165) is 16.7 Å². The maximum absolute atomic E-state index is 12.6. The first kappa shape index (κ1) is 16.7. The van der Waals surface area contributed by atoms with Gasteiger partial charge in [0.05, 0.1) is 51.1 Å². The molecule has 2 heterocycles. The SMILES string of the molecule is COc1ccc2nc(S(=O)Cc3nccc(N(C)C)c3Cl)[nH]c2c1. The maximum atomic E-state index is 12.6. The van der Waals surface area contributed by atoms with Gasteiger partial charge in [0, 0.05) is 26.4 Å². The summed E-state index contributed by atoms with van der Waals surface area (Å²) in [7, 11) is 4.01. The minimum atomic E-state index is -1.38. The Kier molecular flexibility index (Phi) is 4.73. The monoisotopic (exact) mass is 364 g/mol. The molecule has 0 spiro atoms. The van der Waals surface area contributed by atoms with Crippen molar-refractivity contribution < 1.29 is 8.95 Å². The molecule has 3 rings (SSSR count). The predicted molar refractivity (Wildman–Crippen MR) is 96.3 cm³/mol. The number of imidazole rings is 1. The van der Waals surface area contributed by atoms with Crippen molar-refractivity contribution in [2.24, 2.45) is 0 Å². The van der Waals surface area contributed by atoms with E-state index in [4.69, 9.17) is 16.3 Å². The van der Waals surface area contributed by atoms with Gasteiger partial charge in [0.2, 0.25) is 0 Å². The van der Waals surface area contributed by atoms with E-state index in [1.807, 2.05) is 43.3 Å². The van der Waals surface area contributed by atoms with Crippen LogP contribution in [0.3, 0.4) is 0 Å². The van der Waals surface area contributed by atoms with Gasteiger partial charge in [-0.3, -0.25) is 9.19 Å². The van der Waals surface area contributed by atoms with Crippen molar-refractivity contribution in [3.8, 4) is 5.75 Å². The standard InChI is InChI=1S/C16H17ClN4O2S/c1-21(2)14-6-7-18-13(15(14)17)9-24(22)16-19-11-5-4-10(23-3)8-12(11)20-16/h4-8H,9H2,1-3H3,(H,19,20). The zero-order valence-corrected chi connectivity index (χ0v) is 15.1. The third-order valence-corrected chi connectivity index (χ3v) is 5.15. The maximum Gasteiger partial charge on any atom is 0.197 e. The molecule has 24 heavy (non-hydrogen) atoms. The molecule has 1 aromatic carbocycles. The number of H-pyrrole nitrogens is 1. The summed E-state index contributed by atoms with van der Waals surface area (Å²) >= 11 is 6.37. The van der Waals surface area contributed by atoms with E-state index in [1.165, 1.54) is 0 Å². The van der Waals surface area contributed by atoms with Gasteiger partial charge in [-0.25, -0.2) is 4.98 Å². The van der Waals surface area contributed by atoms with Crippen LogP contribution in [0.1, 0.15) is 5.69 Å². The lowest BCUT2D eigenvalue weighted by Gasteiger charge is -2.15. The van der Waals surface area contributed by atoms with E-state index in [-0.39, 0.29) is 5.75 Å². The topological polar surface area (TPSA) is 71.1 Å². The smallest absolute Gasteiger partial charge is 0.197 e. The fraction of sp³-hybridized carbons (Fsp3) is 0.250. The van der Waals surface area contributed by atoms with Gasteiger partial charge in [-0.15, -0.1) is 0 Å². The Morgan fingerprint density at radius 3 is 2.83 bits per heavy atom. The van der Waals surface area contributed by atoms with Gasteiger partial charge >= 0.3 is 0 Å². The summed E-state index contributed by atoms with van der Waals surface area (Å²) < 4.78 is 17.8. The van der Waals surface area contributed by atoms with Crippen LogP contribution in [-0.4, -0.2) is 40.4 Å². The first-order valence-electron chi connectivity index (χ1n) is 7.22. The fourth-order valence-electron chi connectivity index (χ4n) is 2.31. The number of benzene rings is 1. The van der Waals surface area contributed by atoms with E-state index >= 15 is 0 Å². The minimum absolute atomic E-state index is 0.192. The van der Waals surface area contributed by atoms with Gasteiger partial charge < -0.3 is 14.6 Å². The third kappa shape index (κ3) is 3.22. The predicted octanol–water partition coefficient (Wildman–Crippen LogP) is 2.99. The lowest BCUT2D eigenvalue weighted by atomic mass is 10.3. The van der Waals surface area contributed by atoms with E-state index in [2.05, 4.69) is 15.0 Å². The average Bonchev–Trinajstić information content (AvgIpc) is 2.99. The van der Waals surface area contributed by atoms with E-state index < -0.39 is 10.8 Å². The molecule has 6 nitrogen and oxygen atoms in total. The van der Waals surface area contributed by atoms with Crippen molar-refractivity contribution in [2.45, 2.75) is 10.9 Å². The van der Waals surface area contributed by atoms with Crippen molar-refractivity contribution in [1.82, 2.24) is 15.0 Å². The molecule has 8 heteroatoms. The number of anilines is 1. The third-order valence-electron chi connectivity index (χ3n) is 3.57. The number of nitrogens with one attached hydrogen (secondary N) is 1. The summed E-state index contributed by atoms with van der Waals surface area (Å²) in [5.74, 6) is 0.907. The summed E-state index contributed by atoms with van der Waals surface area (Å²) in [5, 5.41) is 0.903. The normalized spacial score (nSPS) is 12.3. The molecule has 0 aliphatic carbocycles. The highest BCUT2D eigenvalue weighted by Gasteiger charge is 2.16. The summed E-state index contributed by atoms with van der Waals surface area (Å²) in [5.41, 5.74) is 2.94. The minimum Gasteiger partial charge on any atom is -0.497 e. The molecule has 0 amide bonds. The molecule has 1 atom stereocenters. The van der Waals surface area contributed by atoms with E-state index in [1.54, 1.807) is 13.3 Å². The highest BCUT2D eigenvalue weighted by Crippen LogP contribution is 2.28. The molecule has 126 valence electrons. The Balaban J connectivity index is 1.89. The molecule has 2 aromatic heterocycles. The quantitative estimate of drug-likeness (QED) is 0.753. The van der Waals surface area contributed by atoms with Crippen LogP contribution in [-0.2, 0) is 16.6 Å². The van der Waals surface area contributed by atoms with Gasteiger partial charge in [-0.05, 0) is 18.2 Å². The van der Waals surface area contributed by atoms with Gasteiger partial charge in [-0.1, -0.05) is 11.6 Å². The van der Waals surface area contributed by atoms with Crippen molar-refractivity contribution in [1.29, 1.82) is 0 Å². The Labute approximate surface area is 147 Å². The van der Waals surface area contributed by atoms with Crippen molar-refractivity contribution in [2.75, 3.05) is 26.1 Å². The van der Waals surface area contributed by atoms with E-state index in [0.29, 0.717) is 21.6 Å². The molecule has 3 aromatic rings. The molecule has 0 aliphatic heterocycles. The Bertz CT molecular complexity index is 910. The van der Waals surface area contributed by atoms with Crippen LogP contribution < -0.4 is 9.64 Å². The fourth-order valence-corrected chi connectivity index (χ4v) is 3.77. The zero-order chi connectivity index (χ0) is 17.3. The number of ether oxygens (including phenoxy) is 1. The van der Waals surface area contributed by atoms with Crippen LogP contribution in [0.5, 0.6) is 5.75 Å². The Morgan fingerprint density at radius 2 is 2.12 bits per heavy atom. The number of pyridine rings is 1. The van der Waals surface area contributed by atoms with Crippen LogP contribution in [0.2, 0.25) is 5.02 Å². The Hall–Kier alpha value is -2.12. The highest BCUT2D eigenvalue weighted by molar-refractivity contribution is 7.84. The summed E-state index contributed by atoms with van der Waals surface area (Å²) in [4.78, 5) is 13.6. The van der Waals surface area contributed by atoms with Gasteiger partial charge in [0.1, 0.15) is 5.75 Å². The summed E-state index contributed by atoms with van der Waals surface area (Å²) in [6.45, 7) is 0. The van der Waals surface area contributed by atoms with Crippen LogP contribution >= 0.6 is 11.6 Å². The number of aromatic nitrogens is 3. The van der Waals surface area contributed by atoms with Gasteiger partial charge in [0.25, 0.3) is 0 Å². The number of methoxy groups -OCH3 is 1. The summed E-state index contributed by atoms with van der Waals surface area (Å²) in [6.07, 6.45) is 1.66. The molecular weight excluding hydrogens is 348 g/mol. The second kappa shape index (κ2) is 6.78. The second-order valence-corrected chi connectivity index (χ2v) is 7.14. The number of hydrogen-bond acceptors (Lipinski definition) is 5. The van der Waals surface area contributed by atoms with E-state index in [9.17, 15) is 4.21 Å². The number of nitrogens with zero attached hydrogens (tertiary/aromatic N) is 3. The molecule has 0 aliphatic rings. The first-order chi connectivity index (χ1) is 11.5. The molecule has 0 fully saturated rings. The number of aromatic amines is 1. The molecule has 0 bridgehead atoms. The number of rotatable bonds is 5. The Morgan fingerprint density at radius 1 is 1.33 bits per heavy atom. The molecule has 0 radical (unpaired) electrons. The molecular formula is C16H17ClN4O2S. The number of halogens is 1. The largest absolute Gasteiger partial charge is 0.497 e. The highest BCUT2D eigenvalue weighted by atomic mass is 35.5. The van der Waals surface area contributed by atoms with Crippen LogP contribution in [0, 0.1) is 0 Å². The zero-order valence-electron chi connectivity index (χ0n) is 13.5. The van der Waals surface area contributed by atoms with Crippen LogP contribution in [0.25, 0.3) is 11.0 Å². The van der Waals surface area contributed by atoms with Gasteiger partial charge in [-0.2, -0.15) is 0 Å². The number of fused-ring (bicyclic) bond motifs is 1. The molecule has 1 N–H and O–H groups in total. The van der Waals surface area contributed by atoms with Gasteiger partial charge in [0.15, 0.2) is 5.16 Å². The lowest BCUT2D eigenvalue weighted by Crippen LogP contribution is -2.11. The average molecular weight is 365 g/mol. The van der Waals surface area contributed by atoms with Crippen molar-refractivity contribution in [3.05, 3.63) is 41.2 Å². The van der Waals surface area contributed by atoms with Crippen molar-refractivity contribution >= 4 is 39.1 Å². The molecule has 0 saturated heterocycles. The lowest BCUT2D eigenvalue weighted by molar-refractivity contribution is 0.415. The molecule has 0 saturated carbocycles. The number of hydrogen-bond donors (Lipinski definition) is 1. The van der Waals surface area contributed by atoms with Crippen LogP contribution in [0.15, 0.2) is 35.6 Å².